The minimum atomic E-state index is -0.894. The lowest BCUT2D eigenvalue weighted by Gasteiger charge is -2.29. The van der Waals surface area contributed by atoms with Crippen LogP contribution in [0.5, 0.6) is 0 Å². The Hall–Kier alpha value is -3.48. The fraction of sp³-hybridized carbons (Fsp3) is 0.250. The van der Waals surface area contributed by atoms with Crippen molar-refractivity contribution in [3.05, 3.63) is 82.3 Å². The molecule has 0 spiro atoms. The number of aromatic nitrogens is 1. The summed E-state index contributed by atoms with van der Waals surface area (Å²) in [7, 11) is 0. The average molecular weight is 423 g/mol. The van der Waals surface area contributed by atoms with E-state index in [9.17, 15) is 13.6 Å². The van der Waals surface area contributed by atoms with E-state index in [4.69, 9.17) is 4.42 Å². The Bertz CT molecular complexity index is 1130. The molecule has 1 aliphatic rings. The Morgan fingerprint density at radius 3 is 2.35 bits per heavy atom. The lowest BCUT2D eigenvalue weighted by molar-refractivity contribution is 0.101. The molecule has 1 aliphatic heterocycles. The molecule has 0 bridgehead atoms. The van der Waals surface area contributed by atoms with Crippen LogP contribution in [0.2, 0.25) is 0 Å². The highest BCUT2D eigenvalue weighted by atomic mass is 19.1. The van der Waals surface area contributed by atoms with Crippen molar-refractivity contribution in [1.29, 1.82) is 0 Å². The molecule has 1 N–H and O–H groups in total. The molecule has 0 unspecified atom stereocenters. The number of anilines is 2. The van der Waals surface area contributed by atoms with E-state index in [2.05, 4.69) is 22.1 Å². The molecule has 3 aromatic rings. The van der Waals surface area contributed by atoms with Crippen LogP contribution in [0.1, 0.15) is 40.7 Å². The van der Waals surface area contributed by atoms with Gasteiger partial charge in [-0.25, -0.2) is 8.78 Å². The van der Waals surface area contributed by atoms with Crippen LogP contribution >= 0.6 is 0 Å². The SMILES string of the molecule is CC1=C(c2ccc(NC(=O)c3c(F)cccc3F)cc2)CN(c2nc(C)c(C)o2)CC1. The van der Waals surface area contributed by atoms with E-state index >= 15 is 0 Å². The molecule has 0 radical (unpaired) electrons. The molecular weight excluding hydrogens is 400 g/mol. The van der Waals surface area contributed by atoms with Gasteiger partial charge in [0.25, 0.3) is 11.9 Å². The Labute approximate surface area is 179 Å². The van der Waals surface area contributed by atoms with Crippen molar-refractivity contribution >= 4 is 23.2 Å². The van der Waals surface area contributed by atoms with Crippen molar-refractivity contribution in [1.82, 2.24) is 4.98 Å². The first-order chi connectivity index (χ1) is 14.8. The molecule has 0 saturated carbocycles. The number of benzene rings is 2. The molecular formula is C24H23F2N3O2. The lowest BCUT2D eigenvalue weighted by atomic mass is 9.95. The van der Waals surface area contributed by atoms with Gasteiger partial charge in [0.05, 0.1) is 5.69 Å². The zero-order valence-corrected chi connectivity index (χ0v) is 17.6. The maximum atomic E-state index is 13.8. The van der Waals surface area contributed by atoms with Gasteiger partial charge >= 0.3 is 0 Å². The molecule has 4 rings (SSSR count). The summed E-state index contributed by atoms with van der Waals surface area (Å²) in [5.74, 6) is -1.80. The molecule has 0 saturated heterocycles. The second kappa shape index (κ2) is 8.34. The molecule has 7 heteroatoms. The maximum Gasteiger partial charge on any atom is 0.297 e. The van der Waals surface area contributed by atoms with E-state index in [1.165, 1.54) is 11.6 Å². The minimum absolute atomic E-state index is 0.460. The quantitative estimate of drug-likeness (QED) is 0.602. The maximum absolute atomic E-state index is 13.8. The fourth-order valence-electron chi connectivity index (χ4n) is 3.61. The van der Waals surface area contributed by atoms with Gasteiger partial charge in [-0.3, -0.25) is 4.79 Å². The van der Waals surface area contributed by atoms with E-state index < -0.39 is 23.1 Å². The Morgan fingerprint density at radius 2 is 1.74 bits per heavy atom. The molecule has 31 heavy (non-hydrogen) atoms. The van der Waals surface area contributed by atoms with Crippen LogP contribution in [-0.4, -0.2) is 24.0 Å². The largest absolute Gasteiger partial charge is 0.429 e. The highest BCUT2D eigenvalue weighted by molar-refractivity contribution is 6.04. The molecule has 1 aromatic heterocycles. The molecule has 0 aliphatic carbocycles. The van der Waals surface area contributed by atoms with Crippen molar-refractivity contribution in [3.63, 3.8) is 0 Å². The van der Waals surface area contributed by atoms with E-state index in [1.54, 1.807) is 12.1 Å². The van der Waals surface area contributed by atoms with Crippen molar-refractivity contribution in [2.24, 2.45) is 0 Å². The summed E-state index contributed by atoms with van der Waals surface area (Å²) in [4.78, 5) is 18.9. The highest BCUT2D eigenvalue weighted by Crippen LogP contribution is 2.30. The normalized spacial score (nSPS) is 14.2. The van der Waals surface area contributed by atoms with E-state index in [-0.39, 0.29) is 0 Å². The summed E-state index contributed by atoms with van der Waals surface area (Å²) in [6, 6.07) is 11.2. The summed E-state index contributed by atoms with van der Waals surface area (Å²) in [6.45, 7) is 7.43. The summed E-state index contributed by atoms with van der Waals surface area (Å²) >= 11 is 0. The third kappa shape index (κ3) is 4.21. The highest BCUT2D eigenvalue weighted by Gasteiger charge is 2.22. The van der Waals surface area contributed by atoms with Gasteiger partial charge in [-0.1, -0.05) is 23.8 Å². The number of aryl methyl sites for hydroxylation is 2. The average Bonchev–Trinajstić information content (AvgIpc) is 3.07. The molecule has 2 heterocycles. The monoisotopic (exact) mass is 423 g/mol. The first-order valence-corrected chi connectivity index (χ1v) is 10.1. The van der Waals surface area contributed by atoms with Crippen LogP contribution in [0.4, 0.5) is 20.5 Å². The Balaban J connectivity index is 1.51. The zero-order valence-electron chi connectivity index (χ0n) is 17.6. The van der Waals surface area contributed by atoms with Crippen LogP contribution in [0.15, 0.2) is 52.5 Å². The van der Waals surface area contributed by atoms with Gasteiger partial charge in [0.1, 0.15) is 23.0 Å². The molecule has 1 amide bonds. The van der Waals surface area contributed by atoms with Crippen molar-refractivity contribution < 1.29 is 18.0 Å². The van der Waals surface area contributed by atoms with Crippen molar-refractivity contribution in [2.45, 2.75) is 27.2 Å². The van der Waals surface area contributed by atoms with Crippen LogP contribution in [-0.2, 0) is 0 Å². The third-order valence-corrected chi connectivity index (χ3v) is 5.59. The van der Waals surface area contributed by atoms with Gasteiger partial charge in [0.2, 0.25) is 0 Å². The molecule has 2 aromatic carbocycles. The molecule has 0 atom stereocenters. The number of hydrogen-bond acceptors (Lipinski definition) is 4. The number of rotatable bonds is 4. The third-order valence-electron chi connectivity index (χ3n) is 5.59. The predicted octanol–water partition coefficient (Wildman–Crippen LogP) is 5.51. The van der Waals surface area contributed by atoms with E-state index in [1.807, 2.05) is 26.0 Å². The molecule has 0 fully saturated rings. The van der Waals surface area contributed by atoms with Gasteiger partial charge in [-0.2, -0.15) is 4.98 Å². The van der Waals surface area contributed by atoms with Crippen LogP contribution in [0.25, 0.3) is 5.57 Å². The first kappa shape index (κ1) is 20.8. The predicted molar refractivity (Wildman–Crippen MR) is 116 cm³/mol. The second-order valence-electron chi connectivity index (χ2n) is 7.70. The fourth-order valence-corrected chi connectivity index (χ4v) is 3.61. The summed E-state index contributed by atoms with van der Waals surface area (Å²) in [6.07, 6.45) is 0.890. The van der Waals surface area contributed by atoms with E-state index in [0.717, 1.165) is 47.7 Å². The Kier molecular flexibility index (Phi) is 5.59. The molecule has 5 nitrogen and oxygen atoms in total. The van der Waals surface area contributed by atoms with Gasteiger partial charge < -0.3 is 14.6 Å². The smallest absolute Gasteiger partial charge is 0.297 e. The summed E-state index contributed by atoms with van der Waals surface area (Å²) in [5, 5.41) is 2.55. The second-order valence-corrected chi connectivity index (χ2v) is 7.70. The van der Waals surface area contributed by atoms with Crippen LogP contribution in [0.3, 0.4) is 0 Å². The number of carbonyl (C=O) groups is 1. The minimum Gasteiger partial charge on any atom is -0.429 e. The summed E-state index contributed by atoms with van der Waals surface area (Å²) < 4.78 is 33.4. The van der Waals surface area contributed by atoms with Crippen molar-refractivity contribution in [3.8, 4) is 0 Å². The first-order valence-electron chi connectivity index (χ1n) is 10.1. The number of nitrogens with one attached hydrogen (secondary N) is 1. The Morgan fingerprint density at radius 1 is 1.06 bits per heavy atom. The standard InChI is InChI=1S/C24H23F2N3O2/c1-14-11-12-29(24-27-15(2)16(3)31-24)13-19(14)17-7-9-18(10-8-17)28-23(30)22-20(25)5-4-6-21(22)26/h4-10H,11-13H2,1-3H3,(H,28,30). The van der Waals surface area contributed by atoms with Crippen LogP contribution < -0.4 is 10.2 Å². The topological polar surface area (TPSA) is 58.4 Å². The van der Waals surface area contributed by atoms with Gasteiger partial charge in [0.15, 0.2) is 0 Å². The van der Waals surface area contributed by atoms with Crippen molar-refractivity contribution in [2.75, 3.05) is 23.3 Å². The number of nitrogens with zero attached hydrogens (tertiary/aromatic N) is 2. The number of amides is 1. The zero-order chi connectivity index (χ0) is 22.1. The number of oxazole rings is 1. The number of carbonyl (C=O) groups excluding carboxylic acids is 1. The molecule has 160 valence electrons. The number of halogens is 2. The van der Waals surface area contributed by atoms with E-state index in [0.29, 0.717) is 18.2 Å². The lowest BCUT2D eigenvalue weighted by Crippen LogP contribution is -2.31. The number of hydrogen-bond donors (Lipinski definition) is 1. The van der Waals surface area contributed by atoms with Crippen LogP contribution in [0, 0.1) is 25.5 Å². The summed E-state index contributed by atoms with van der Waals surface area (Å²) in [5.41, 5.74) is 4.21. The van der Waals surface area contributed by atoms with Gasteiger partial charge in [-0.05, 0) is 62.6 Å². The van der Waals surface area contributed by atoms with Gasteiger partial charge in [0, 0.05) is 18.8 Å². The van der Waals surface area contributed by atoms with Gasteiger partial charge in [-0.15, -0.1) is 0 Å².